The maximum absolute atomic E-state index is 12.2. The van der Waals surface area contributed by atoms with Gasteiger partial charge in [-0.15, -0.1) is 0 Å². The lowest BCUT2D eigenvalue weighted by Crippen LogP contribution is -2.12. The number of carboxylic acid groups (broad SMARTS) is 1. The van der Waals surface area contributed by atoms with E-state index in [1.54, 1.807) is 36.4 Å². The van der Waals surface area contributed by atoms with Crippen molar-refractivity contribution < 1.29 is 14.7 Å². The van der Waals surface area contributed by atoms with Crippen molar-refractivity contribution in [3.05, 3.63) is 47.5 Å². The van der Waals surface area contributed by atoms with Crippen LogP contribution in [0.25, 0.3) is 0 Å². The molecule has 0 unspecified atom stereocenters. The molecule has 0 spiro atoms. The Morgan fingerprint density at radius 2 is 1.55 bits per heavy atom. The van der Waals surface area contributed by atoms with Gasteiger partial charge in [-0.3, -0.25) is 4.79 Å². The van der Waals surface area contributed by atoms with Crippen LogP contribution in [0.5, 0.6) is 0 Å². The lowest BCUT2D eigenvalue weighted by molar-refractivity contribution is -0.132. The van der Waals surface area contributed by atoms with E-state index in [4.69, 9.17) is 0 Å². The highest BCUT2D eigenvalue weighted by Crippen LogP contribution is 2.13. The standard InChI is InChI=1S/C19H26O3/c1-2-3-4-5-6-7-8-12-15-17(19(21)22)18(20)16-13-10-9-11-14-16/h9-11,13-15H,2-8,12H2,1H3,(H,21,22). The van der Waals surface area contributed by atoms with Crippen molar-refractivity contribution >= 4 is 11.8 Å². The number of benzene rings is 1. The molecule has 120 valence electrons. The third kappa shape index (κ3) is 6.70. The molecule has 0 saturated heterocycles. The third-order valence-electron chi connectivity index (χ3n) is 3.67. The fourth-order valence-electron chi connectivity index (χ4n) is 2.37. The van der Waals surface area contributed by atoms with E-state index in [0.717, 1.165) is 12.8 Å². The van der Waals surface area contributed by atoms with Crippen LogP contribution < -0.4 is 0 Å². The number of carbonyl (C=O) groups excluding carboxylic acids is 1. The molecule has 22 heavy (non-hydrogen) atoms. The largest absolute Gasteiger partial charge is 0.478 e. The van der Waals surface area contributed by atoms with Gasteiger partial charge in [0.2, 0.25) is 0 Å². The van der Waals surface area contributed by atoms with Crippen LogP contribution in [0.1, 0.15) is 68.6 Å². The molecule has 0 aromatic heterocycles. The zero-order chi connectivity index (χ0) is 16.2. The second-order valence-corrected chi connectivity index (χ2v) is 5.53. The Morgan fingerprint density at radius 3 is 2.14 bits per heavy atom. The van der Waals surface area contributed by atoms with Crippen LogP contribution in [-0.4, -0.2) is 16.9 Å². The van der Waals surface area contributed by atoms with Crippen LogP contribution in [0.15, 0.2) is 42.0 Å². The number of ketones is 1. The minimum absolute atomic E-state index is 0.114. The molecule has 0 fully saturated rings. The predicted molar refractivity (Wildman–Crippen MR) is 89.1 cm³/mol. The number of Topliss-reactive ketones (excluding diaryl/α,β-unsaturated/α-hetero) is 1. The maximum atomic E-state index is 12.2. The van der Waals surface area contributed by atoms with Crippen LogP contribution in [0, 0.1) is 0 Å². The van der Waals surface area contributed by atoms with E-state index in [9.17, 15) is 14.7 Å². The summed E-state index contributed by atoms with van der Waals surface area (Å²) < 4.78 is 0. The van der Waals surface area contributed by atoms with Gasteiger partial charge in [0.1, 0.15) is 5.57 Å². The third-order valence-corrected chi connectivity index (χ3v) is 3.67. The van der Waals surface area contributed by atoms with Crippen molar-refractivity contribution in [1.82, 2.24) is 0 Å². The maximum Gasteiger partial charge on any atom is 0.339 e. The van der Waals surface area contributed by atoms with Gasteiger partial charge in [-0.1, -0.05) is 81.9 Å². The van der Waals surface area contributed by atoms with Crippen LogP contribution in [0.3, 0.4) is 0 Å². The van der Waals surface area contributed by atoms with Gasteiger partial charge < -0.3 is 5.11 Å². The lowest BCUT2D eigenvalue weighted by atomic mass is 10.0. The van der Waals surface area contributed by atoms with E-state index < -0.39 is 11.8 Å². The van der Waals surface area contributed by atoms with E-state index >= 15 is 0 Å². The fourth-order valence-corrected chi connectivity index (χ4v) is 2.37. The first-order valence-corrected chi connectivity index (χ1v) is 8.20. The number of hydrogen-bond donors (Lipinski definition) is 1. The molecule has 1 N–H and O–H groups in total. The minimum Gasteiger partial charge on any atom is -0.478 e. The summed E-state index contributed by atoms with van der Waals surface area (Å²) in [6, 6.07) is 8.57. The van der Waals surface area contributed by atoms with Gasteiger partial charge in [0.25, 0.3) is 0 Å². The summed E-state index contributed by atoms with van der Waals surface area (Å²) >= 11 is 0. The number of carboxylic acids is 1. The van der Waals surface area contributed by atoms with Gasteiger partial charge in [0, 0.05) is 5.56 Å². The molecule has 0 bridgehead atoms. The SMILES string of the molecule is CCCCCCCCCC=C(C(=O)O)C(=O)c1ccccc1. The Morgan fingerprint density at radius 1 is 0.955 bits per heavy atom. The molecule has 0 amide bonds. The summed E-state index contributed by atoms with van der Waals surface area (Å²) in [4.78, 5) is 23.4. The first kappa shape index (κ1) is 18.1. The number of allylic oxidation sites excluding steroid dienone is 1. The summed E-state index contributed by atoms with van der Waals surface area (Å²) in [7, 11) is 0. The monoisotopic (exact) mass is 302 g/mol. The molecule has 0 atom stereocenters. The molecule has 1 aromatic rings. The van der Waals surface area contributed by atoms with Crippen molar-refractivity contribution in [3.8, 4) is 0 Å². The zero-order valence-corrected chi connectivity index (χ0v) is 13.4. The highest BCUT2D eigenvalue weighted by atomic mass is 16.4. The molecule has 1 rings (SSSR count). The zero-order valence-electron chi connectivity index (χ0n) is 13.4. The number of carbonyl (C=O) groups is 2. The average Bonchev–Trinajstić information content (AvgIpc) is 2.53. The molecule has 3 heteroatoms. The lowest BCUT2D eigenvalue weighted by Gasteiger charge is -2.03. The molecule has 0 aliphatic rings. The Hall–Kier alpha value is -1.90. The fraction of sp³-hybridized carbons (Fsp3) is 0.474. The molecule has 0 aliphatic heterocycles. The summed E-state index contributed by atoms with van der Waals surface area (Å²) in [6.07, 6.45) is 10.5. The quantitative estimate of drug-likeness (QED) is 0.205. The van der Waals surface area contributed by atoms with Crippen LogP contribution >= 0.6 is 0 Å². The highest BCUT2D eigenvalue weighted by molar-refractivity contribution is 6.23. The van der Waals surface area contributed by atoms with Crippen LogP contribution in [0.4, 0.5) is 0 Å². The van der Waals surface area contributed by atoms with Gasteiger partial charge in [-0.05, 0) is 12.8 Å². The van der Waals surface area contributed by atoms with Crippen LogP contribution in [-0.2, 0) is 4.79 Å². The second-order valence-electron chi connectivity index (χ2n) is 5.53. The van der Waals surface area contributed by atoms with Crippen molar-refractivity contribution in [2.24, 2.45) is 0 Å². The van der Waals surface area contributed by atoms with Crippen molar-refractivity contribution in [1.29, 1.82) is 0 Å². The minimum atomic E-state index is -1.14. The number of aliphatic carboxylic acids is 1. The molecule has 1 aromatic carbocycles. The van der Waals surface area contributed by atoms with Crippen LogP contribution in [0.2, 0.25) is 0 Å². The Bertz CT molecular complexity index is 489. The topological polar surface area (TPSA) is 54.4 Å². The first-order valence-electron chi connectivity index (χ1n) is 8.20. The number of hydrogen-bond acceptors (Lipinski definition) is 2. The van der Waals surface area contributed by atoms with Gasteiger partial charge in [0.15, 0.2) is 5.78 Å². The van der Waals surface area contributed by atoms with Crippen molar-refractivity contribution in [2.75, 3.05) is 0 Å². The number of unbranched alkanes of at least 4 members (excludes halogenated alkanes) is 7. The molecule has 0 saturated carbocycles. The number of rotatable bonds is 11. The summed E-state index contributed by atoms with van der Waals surface area (Å²) in [5.41, 5.74) is 0.313. The Labute approximate surface area is 133 Å². The van der Waals surface area contributed by atoms with Gasteiger partial charge in [-0.25, -0.2) is 4.79 Å². The van der Waals surface area contributed by atoms with Gasteiger partial charge in [-0.2, -0.15) is 0 Å². The van der Waals surface area contributed by atoms with Gasteiger partial charge in [0.05, 0.1) is 0 Å². The van der Waals surface area contributed by atoms with E-state index in [2.05, 4.69) is 6.92 Å². The average molecular weight is 302 g/mol. The van der Waals surface area contributed by atoms with E-state index in [1.165, 1.54) is 32.1 Å². The first-order chi connectivity index (χ1) is 10.7. The molecule has 0 heterocycles. The molecule has 0 aliphatic carbocycles. The molecular formula is C19H26O3. The summed E-state index contributed by atoms with van der Waals surface area (Å²) in [5.74, 6) is -1.55. The van der Waals surface area contributed by atoms with E-state index in [0.29, 0.717) is 12.0 Å². The summed E-state index contributed by atoms with van der Waals surface area (Å²) in [5, 5.41) is 9.22. The smallest absolute Gasteiger partial charge is 0.339 e. The van der Waals surface area contributed by atoms with Crippen molar-refractivity contribution in [3.63, 3.8) is 0 Å². The molecule has 0 radical (unpaired) electrons. The summed E-state index contributed by atoms with van der Waals surface area (Å²) in [6.45, 7) is 2.20. The molecular weight excluding hydrogens is 276 g/mol. The second kappa shape index (κ2) is 10.8. The van der Waals surface area contributed by atoms with Crippen molar-refractivity contribution in [2.45, 2.75) is 58.3 Å². The predicted octanol–water partition coefficient (Wildman–Crippen LogP) is 5.02. The normalized spacial score (nSPS) is 11.4. The van der Waals surface area contributed by atoms with E-state index in [-0.39, 0.29) is 5.57 Å². The Balaban J connectivity index is 2.43. The highest BCUT2D eigenvalue weighted by Gasteiger charge is 2.18. The molecule has 3 nitrogen and oxygen atoms in total. The van der Waals surface area contributed by atoms with E-state index in [1.807, 2.05) is 0 Å². The Kier molecular flexibility index (Phi) is 8.89. The van der Waals surface area contributed by atoms with Gasteiger partial charge >= 0.3 is 5.97 Å².